The molecular formula is C112H170ClN9O10S. The number of carbonyl (C=O) groups is 1. The van der Waals surface area contributed by atoms with Crippen molar-refractivity contribution in [1.82, 2.24) is 24.9 Å². The molecule has 9 heterocycles. The van der Waals surface area contributed by atoms with Crippen LogP contribution in [0.4, 0.5) is 0 Å². The van der Waals surface area contributed by atoms with Gasteiger partial charge in [0.05, 0.1) is 29.7 Å². The molecule has 0 spiro atoms. The highest BCUT2D eigenvalue weighted by Crippen LogP contribution is 2.44. The summed E-state index contributed by atoms with van der Waals surface area (Å²) in [6.45, 7) is 33.4. The number of aryl methyl sites for hydroxylation is 1. The smallest absolute Gasteiger partial charge is 0.296 e. The van der Waals surface area contributed by atoms with E-state index in [0.717, 1.165) is 124 Å². The molecule has 0 amide bonds. The molecule has 0 aromatic heterocycles. The molecule has 10 atom stereocenters. The number of aldehydes is 1. The number of likely N-dealkylation sites (tertiary alicyclic amines) is 2. The van der Waals surface area contributed by atoms with Gasteiger partial charge in [-0.2, -0.15) is 24.2 Å². The quantitative estimate of drug-likeness (QED) is 0.0276. The number of carbonyl (C=O) groups excluding carboxylic acids is 1. The molecule has 9 aliphatic heterocycles. The highest BCUT2D eigenvalue weighted by molar-refractivity contribution is 7.86. The minimum Gasteiger partial charge on any atom is -0.396 e. The van der Waals surface area contributed by atoms with E-state index in [0.29, 0.717) is 37.2 Å². The van der Waals surface area contributed by atoms with Crippen LogP contribution in [0.1, 0.15) is 357 Å². The maximum absolute atomic E-state index is 12.3. The largest absolute Gasteiger partial charge is 0.396 e. The summed E-state index contributed by atoms with van der Waals surface area (Å²) in [5, 5.41) is 50.2. The first kappa shape index (κ1) is 119. The van der Waals surface area contributed by atoms with E-state index in [1.807, 2.05) is 175 Å². The fourth-order valence-electron chi connectivity index (χ4n) is 19.4. The summed E-state index contributed by atoms with van der Waals surface area (Å²) in [6, 6.07) is 79.8. The molecule has 0 bridgehead atoms. The van der Waals surface area contributed by atoms with Gasteiger partial charge in [0.1, 0.15) is 30.5 Å². The highest BCUT2D eigenvalue weighted by Gasteiger charge is 2.46. The van der Waals surface area contributed by atoms with Gasteiger partial charge >= 0.3 is 0 Å². The number of benzene rings is 7. The van der Waals surface area contributed by atoms with Gasteiger partial charge in [0.2, 0.25) is 0 Å². The second kappa shape index (κ2) is 72.5. The van der Waals surface area contributed by atoms with Crippen LogP contribution in [0.2, 0.25) is 0 Å². The zero-order chi connectivity index (χ0) is 97.8. The van der Waals surface area contributed by atoms with Crippen LogP contribution in [0, 0.1) is 51.2 Å². The Hall–Kier alpha value is -7.89. The summed E-state index contributed by atoms with van der Waals surface area (Å²) in [4.78, 5) is 20.1. The Kier molecular flexibility index (Phi) is 65.0. The summed E-state index contributed by atoms with van der Waals surface area (Å²) in [5.41, 5.74) is 9.27. The molecular weight excluding hydrogens is 1700 g/mol. The van der Waals surface area contributed by atoms with E-state index in [-0.39, 0.29) is 41.8 Å². The number of fused-ring (bicyclic) bond motifs is 3. The number of rotatable bonds is 20. The lowest BCUT2D eigenvalue weighted by atomic mass is 9.76. The summed E-state index contributed by atoms with van der Waals surface area (Å²) in [7, 11) is -8.67. The third-order valence-corrected chi connectivity index (χ3v) is 26.7. The molecule has 9 aliphatic rings. The van der Waals surface area contributed by atoms with Crippen molar-refractivity contribution in [2.24, 2.45) is 0 Å². The highest BCUT2D eigenvalue weighted by atomic mass is 35.7. The van der Waals surface area contributed by atoms with Crippen molar-refractivity contribution in [3.63, 3.8) is 0 Å². The standard InChI is InChI=1S/C23H28N2O3S.C16H22N2O.C16H20N2.C15H21N.C15H20N.C8H17NO.C7H6O.6C2H6.ClHO4/c1-19-12-14-22(15-13-19)29(26,27)28-17-7-11-21-10-5-6-16-25(21)23(18-24)20-8-3-2-4-9-20;17-13-16(14-7-2-1-3-8-14)18-11-5-4-9-15(18)10-6-12-19;17-13-16(14-7-2-1-3-8-14)11-6-10-15-9-4-5-12-18(15)16;2*1-2-7-13(8-3-1)15-11-6-10-14-9-4-5-12-16(14)15;10-7-3-5-8-4-1-2-6-9-8;8-6-7-4-2-1-3-5-7;6*1-2;2-1(3,4)5/h2-4,8-9,12-15,21,23H,5-7,10-11,16-17H2,1H3;1-3,7-8,15-16,19H,4-6,9-12H2;1-3,7-8,15H,4-6,9-12H2;1-3,7-8,14-15H,4-6,9-12H2;1-3,7-8,14H,4-6,9-12H2;8-10H,1-7H2;1-6H;6*1-2H3;(H,2,3,4,5)/q;;;;+1;;;;;;;;;/p-1. The van der Waals surface area contributed by atoms with Crippen molar-refractivity contribution in [3.05, 3.63) is 245 Å². The molecule has 16 rings (SSSR count). The minimum absolute atomic E-state index is 0.148. The molecule has 10 unspecified atom stereocenters. The number of nitrogens with one attached hydrogen (secondary N) is 1. The van der Waals surface area contributed by atoms with E-state index in [1.165, 1.54) is 178 Å². The Morgan fingerprint density at radius 3 is 1.46 bits per heavy atom. The number of halogens is 1. The summed E-state index contributed by atoms with van der Waals surface area (Å²) in [5.74, 6) is 0. The average Bonchev–Trinajstić information content (AvgIpc) is 0.757. The molecule has 0 radical (unpaired) electrons. The topological polar surface area (TPSA) is 293 Å². The third kappa shape index (κ3) is 43.1. The minimum atomic E-state index is -4.94. The lowest BCUT2D eigenvalue weighted by molar-refractivity contribution is -2.00. The first-order chi connectivity index (χ1) is 65.0. The number of piperidine rings is 8. The molecule has 0 saturated carbocycles. The lowest BCUT2D eigenvalue weighted by Crippen LogP contribution is -2.68. The van der Waals surface area contributed by atoms with Gasteiger partial charge in [0, 0.05) is 106 Å². The van der Waals surface area contributed by atoms with Crippen LogP contribution in [0.25, 0.3) is 0 Å². The number of hydrogen-bond acceptors (Lipinski definition) is 18. The van der Waals surface area contributed by atoms with Gasteiger partial charge in [-0.3, -0.25) is 28.6 Å². The summed E-state index contributed by atoms with van der Waals surface area (Å²) < 4.78 is 66.6. The lowest BCUT2D eigenvalue weighted by Gasteiger charge is -2.50. The SMILES string of the molecule is CC.CC.CC.CC.CC.CC.Cc1ccc(S(=O)(=O)OCCCC2CCCCN2C(C#N)c2ccccc2)cc1.N#CC(c1ccccc1)N1CCCCC1CCCO.N#CC1(c2ccccc2)CCCC2CCCCN21.O=Cc1ccccc1.OCCCC1CCCCN1.[O-][Cl+3]([O-])([O-])[O-].c1ccc(C2=[N+]3CCCCC3CCC2)cc1.c1ccc(C2CCCC3CCCCN32)cc1. The van der Waals surface area contributed by atoms with E-state index < -0.39 is 20.4 Å². The second-order valence-corrected chi connectivity index (χ2v) is 35.9. The van der Waals surface area contributed by atoms with E-state index in [1.54, 1.807) is 42.1 Å². The number of aliphatic hydroxyl groups excluding tert-OH is 2. The van der Waals surface area contributed by atoms with Crippen molar-refractivity contribution in [3.8, 4) is 18.2 Å². The van der Waals surface area contributed by atoms with Crippen molar-refractivity contribution in [1.29, 1.82) is 15.8 Å². The molecule has 7 aromatic carbocycles. The average molecular weight is 1870 g/mol. The van der Waals surface area contributed by atoms with E-state index >= 15 is 0 Å². The molecule has 7 aromatic rings. The normalized spacial score (nSPS) is 21.6. The van der Waals surface area contributed by atoms with Crippen LogP contribution in [-0.4, -0.2) is 150 Å². The second-order valence-electron chi connectivity index (χ2n) is 33.5. The van der Waals surface area contributed by atoms with Gasteiger partial charge in [-0.1, -0.05) is 303 Å². The van der Waals surface area contributed by atoms with Gasteiger partial charge in [0.15, 0.2) is 11.8 Å². The van der Waals surface area contributed by atoms with Crippen LogP contribution in [-0.2, 0) is 19.8 Å². The zero-order valence-electron chi connectivity index (χ0n) is 83.6. The molecule has 3 N–H and O–H groups in total. The van der Waals surface area contributed by atoms with Crippen LogP contribution in [0.15, 0.2) is 211 Å². The molecule has 736 valence electrons. The van der Waals surface area contributed by atoms with Crippen molar-refractivity contribution >= 4 is 22.1 Å². The predicted molar refractivity (Wildman–Crippen MR) is 537 cm³/mol. The molecule has 21 heteroatoms. The Morgan fingerprint density at radius 1 is 0.496 bits per heavy atom. The molecule has 8 saturated heterocycles. The maximum atomic E-state index is 12.3. The summed E-state index contributed by atoms with van der Waals surface area (Å²) in [6.07, 6.45) is 41.1. The molecule has 133 heavy (non-hydrogen) atoms. The number of aliphatic hydroxyl groups is 2. The Balaban J connectivity index is 0.000000397. The zero-order valence-corrected chi connectivity index (χ0v) is 85.2. The molecule has 19 nitrogen and oxygen atoms in total. The molecule has 8 fully saturated rings. The fraction of sp³-hybridized carbons (Fsp3) is 0.580. The van der Waals surface area contributed by atoms with Crippen LogP contribution < -0.4 is 24.0 Å². The molecule has 0 aliphatic carbocycles. The van der Waals surface area contributed by atoms with E-state index in [4.69, 9.17) is 33.0 Å². The number of nitrogens with zero attached hydrogens (tertiary/aromatic N) is 8. The van der Waals surface area contributed by atoms with Crippen molar-refractivity contribution < 1.29 is 61.1 Å². The van der Waals surface area contributed by atoms with Gasteiger partial charge < -0.3 is 15.5 Å². The fourth-order valence-corrected chi connectivity index (χ4v) is 20.4. The van der Waals surface area contributed by atoms with Crippen LogP contribution >= 0.6 is 0 Å². The third-order valence-electron chi connectivity index (χ3n) is 25.4. The first-order valence-electron chi connectivity index (χ1n) is 51.2. The van der Waals surface area contributed by atoms with E-state index in [9.17, 15) is 29.0 Å². The number of hydrogen-bond donors (Lipinski definition) is 3. The Morgan fingerprint density at radius 2 is 0.947 bits per heavy atom. The Labute approximate surface area is 808 Å². The van der Waals surface area contributed by atoms with Gasteiger partial charge in [-0.15, -0.1) is 10.2 Å². The monoisotopic (exact) mass is 1870 g/mol. The number of nitriles is 3. The predicted octanol–water partition coefficient (Wildman–Crippen LogP) is 21.7. The summed E-state index contributed by atoms with van der Waals surface area (Å²) >= 11 is 0. The van der Waals surface area contributed by atoms with Gasteiger partial charge in [0.25, 0.3) is 10.1 Å². The van der Waals surface area contributed by atoms with Crippen LogP contribution in [0.3, 0.4) is 0 Å². The van der Waals surface area contributed by atoms with E-state index in [2.05, 4.69) is 133 Å². The van der Waals surface area contributed by atoms with Crippen molar-refractivity contribution in [2.45, 2.75) is 367 Å². The van der Waals surface area contributed by atoms with Crippen LogP contribution in [0.5, 0.6) is 0 Å². The van der Waals surface area contributed by atoms with Gasteiger partial charge in [-0.25, -0.2) is 23.2 Å². The van der Waals surface area contributed by atoms with Crippen molar-refractivity contribution in [2.75, 3.05) is 59.1 Å². The first-order valence-corrected chi connectivity index (χ1v) is 53.8. The van der Waals surface area contributed by atoms with Gasteiger partial charge in [-0.05, 0) is 221 Å². The maximum Gasteiger partial charge on any atom is 0.296 e. The Bertz CT molecular complexity index is 4300.